The Morgan fingerprint density at radius 1 is 0.931 bits per heavy atom. The molecule has 1 fully saturated rings. The van der Waals surface area contributed by atoms with Crippen LogP contribution in [-0.2, 0) is 11.8 Å². The van der Waals surface area contributed by atoms with Crippen LogP contribution in [0.4, 0.5) is 0 Å². The first kappa shape index (κ1) is 19.5. The molecule has 4 rings (SSSR count). The highest BCUT2D eigenvalue weighted by atomic mass is 79.9. The number of aryl methyl sites for hydroxylation is 1. The number of benzene rings is 2. The van der Waals surface area contributed by atoms with Crippen LogP contribution in [0.15, 0.2) is 65.3 Å². The Morgan fingerprint density at radius 3 is 2.34 bits per heavy atom. The van der Waals surface area contributed by atoms with Crippen LogP contribution in [0.5, 0.6) is 0 Å². The lowest BCUT2D eigenvalue weighted by Gasteiger charge is -2.34. The summed E-state index contributed by atoms with van der Waals surface area (Å²) in [5.74, 6) is -0.00384. The van der Waals surface area contributed by atoms with Gasteiger partial charge in [-0.15, -0.1) is 0 Å². The summed E-state index contributed by atoms with van der Waals surface area (Å²) >= 11 is 3.40. The first-order valence-corrected chi connectivity index (χ1v) is 10.4. The number of piperazine rings is 1. The van der Waals surface area contributed by atoms with Gasteiger partial charge in [0.1, 0.15) is 0 Å². The summed E-state index contributed by atoms with van der Waals surface area (Å²) in [5, 5.41) is 1.12. The average molecular weight is 452 g/mol. The predicted octanol–water partition coefficient (Wildman–Crippen LogP) is 3.94. The van der Waals surface area contributed by atoms with E-state index in [1.807, 2.05) is 77.3 Å². The van der Waals surface area contributed by atoms with E-state index in [-0.39, 0.29) is 11.8 Å². The molecule has 3 aromatic rings. The topological polar surface area (TPSA) is 45.6 Å². The number of carbonyl (C=O) groups excluding carboxylic acids is 2. The van der Waals surface area contributed by atoms with Crippen molar-refractivity contribution in [3.05, 3.63) is 76.4 Å². The molecule has 0 saturated carbocycles. The zero-order chi connectivity index (χ0) is 20.4. The number of halogens is 1. The predicted molar refractivity (Wildman–Crippen MR) is 119 cm³/mol. The number of aromatic nitrogens is 1. The quantitative estimate of drug-likeness (QED) is 0.566. The molecule has 29 heavy (non-hydrogen) atoms. The summed E-state index contributed by atoms with van der Waals surface area (Å²) < 4.78 is 3.02. The smallest absolute Gasteiger partial charge is 0.254 e. The van der Waals surface area contributed by atoms with Crippen LogP contribution < -0.4 is 0 Å². The molecule has 0 bridgehead atoms. The van der Waals surface area contributed by atoms with Crippen molar-refractivity contribution in [3.8, 4) is 0 Å². The Hall–Kier alpha value is -2.86. The number of carbonyl (C=O) groups is 2. The fraction of sp³-hybridized carbons (Fsp3) is 0.217. The Kier molecular flexibility index (Phi) is 5.53. The molecule has 0 spiro atoms. The lowest BCUT2D eigenvalue weighted by molar-refractivity contribution is -0.127. The van der Waals surface area contributed by atoms with Crippen molar-refractivity contribution < 1.29 is 9.59 Å². The zero-order valence-corrected chi connectivity index (χ0v) is 17.8. The molecule has 0 unspecified atom stereocenters. The minimum atomic E-state index is -0.0229. The monoisotopic (exact) mass is 451 g/mol. The first-order valence-electron chi connectivity index (χ1n) is 9.58. The van der Waals surface area contributed by atoms with Gasteiger partial charge in [-0.1, -0.05) is 34.1 Å². The minimum Gasteiger partial charge on any atom is -0.351 e. The molecule has 0 N–H and O–H groups in total. The molecule has 5 nitrogen and oxygen atoms in total. The molecule has 1 aliphatic heterocycles. The lowest BCUT2D eigenvalue weighted by atomic mass is 10.1. The fourth-order valence-electron chi connectivity index (χ4n) is 3.55. The van der Waals surface area contributed by atoms with Gasteiger partial charge < -0.3 is 14.4 Å². The van der Waals surface area contributed by atoms with Crippen LogP contribution in [0.25, 0.3) is 17.0 Å². The van der Waals surface area contributed by atoms with Crippen molar-refractivity contribution >= 4 is 44.7 Å². The summed E-state index contributed by atoms with van der Waals surface area (Å²) in [7, 11) is 1.97. The van der Waals surface area contributed by atoms with Gasteiger partial charge >= 0.3 is 0 Å². The van der Waals surface area contributed by atoms with Gasteiger partial charge in [0.15, 0.2) is 0 Å². The van der Waals surface area contributed by atoms with E-state index in [0.717, 1.165) is 20.9 Å². The normalized spacial score (nSPS) is 14.7. The summed E-state index contributed by atoms with van der Waals surface area (Å²) in [5.41, 5.74) is 2.71. The molecule has 1 aliphatic rings. The van der Waals surface area contributed by atoms with Crippen LogP contribution in [0, 0.1) is 0 Å². The molecule has 2 aromatic carbocycles. The third-order valence-electron chi connectivity index (χ3n) is 5.30. The maximum atomic E-state index is 12.9. The second-order valence-corrected chi connectivity index (χ2v) is 8.12. The van der Waals surface area contributed by atoms with Crippen molar-refractivity contribution in [1.29, 1.82) is 0 Å². The molecule has 1 saturated heterocycles. The molecule has 6 heteroatoms. The van der Waals surface area contributed by atoms with Gasteiger partial charge in [-0.05, 0) is 47.4 Å². The van der Waals surface area contributed by atoms with Gasteiger partial charge in [-0.2, -0.15) is 0 Å². The Balaban J connectivity index is 1.36. The van der Waals surface area contributed by atoms with E-state index >= 15 is 0 Å². The second kappa shape index (κ2) is 8.25. The SMILES string of the molecule is Cn1ccc2ccc(C(=O)N3CCN(C(=O)/C=C/c4ccc(Br)cc4)CC3)cc21. The standard InChI is InChI=1S/C23H22BrN3O2/c1-25-11-10-18-5-6-19(16-21(18)25)23(29)27-14-12-26(13-15-27)22(28)9-4-17-2-7-20(24)8-3-17/h2-11,16H,12-15H2,1H3/b9-4+. The Labute approximate surface area is 178 Å². The summed E-state index contributed by atoms with van der Waals surface area (Å²) in [6.45, 7) is 2.17. The highest BCUT2D eigenvalue weighted by Gasteiger charge is 2.24. The van der Waals surface area contributed by atoms with Crippen molar-refractivity contribution in [1.82, 2.24) is 14.4 Å². The van der Waals surface area contributed by atoms with Gasteiger partial charge in [0.05, 0.1) is 0 Å². The van der Waals surface area contributed by atoms with Gasteiger partial charge in [-0.3, -0.25) is 9.59 Å². The number of hydrogen-bond donors (Lipinski definition) is 0. The summed E-state index contributed by atoms with van der Waals surface area (Å²) in [4.78, 5) is 29.0. The van der Waals surface area contributed by atoms with Gasteiger partial charge in [0.25, 0.3) is 5.91 Å². The second-order valence-electron chi connectivity index (χ2n) is 7.20. The van der Waals surface area contributed by atoms with Gasteiger partial charge in [0.2, 0.25) is 5.91 Å². The summed E-state index contributed by atoms with van der Waals surface area (Å²) in [6, 6.07) is 15.6. The number of nitrogens with zero attached hydrogens (tertiary/aromatic N) is 3. The Morgan fingerprint density at radius 2 is 1.62 bits per heavy atom. The highest BCUT2D eigenvalue weighted by molar-refractivity contribution is 9.10. The molecule has 0 aliphatic carbocycles. The van der Waals surface area contributed by atoms with Gasteiger partial charge in [0, 0.05) is 61.1 Å². The maximum Gasteiger partial charge on any atom is 0.254 e. The van der Waals surface area contributed by atoms with Crippen molar-refractivity contribution in [3.63, 3.8) is 0 Å². The molecule has 2 heterocycles. The number of hydrogen-bond acceptors (Lipinski definition) is 2. The van der Waals surface area contributed by atoms with Crippen LogP contribution in [0.2, 0.25) is 0 Å². The first-order chi connectivity index (χ1) is 14.0. The van der Waals surface area contributed by atoms with Crippen LogP contribution in [0.1, 0.15) is 15.9 Å². The third kappa shape index (κ3) is 4.27. The lowest BCUT2D eigenvalue weighted by Crippen LogP contribution is -2.50. The van der Waals surface area contributed by atoms with Gasteiger partial charge in [-0.25, -0.2) is 0 Å². The van der Waals surface area contributed by atoms with Crippen LogP contribution in [0.3, 0.4) is 0 Å². The molecular weight excluding hydrogens is 430 g/mol. The third-order valence-corrected chi connectivity index (χ3v) is 5.83. The van der Waals surface area contributed by atoms with E-state index in [9.17, 15) is 9.59 Å². The highest BCUT2D eigenvalue weighted by Crippen LogP contribution is 2.18. The zero-order valence-electron chi connectivity index (χ0n) is 16.2. The number of fused-ring (bicyclic) bond motifs is 1. The van der Waals surface area contributed by atoms with E-state index < -0.39 is 0 Å². The molecular formula is C23H22BrN3O2. The summed E-state index contributed by atoms with van der Waals surface area (Å²) in [6.07, 6.45) is 5.41. The van der Waals surface area contributed by atoms with Crippen molar-refractivity contribution in [2.45, 2.75) is 0 Å². The van der Waals surface area contributed by atoms with E-state index in [4.69, 9.17) is 0 Å². The largest absolute Gasteiger partial charge is 0.351 e. The van der Waals surface area contributed by atoms with E-state index in [2.05, 4.69) is 15.9 Å². The van der Waals surface area contributed by atoms with E-state index in [0.29, 0.717) is 31.7 Å². The average Bonchev–Trinajstić information content (AvgIpc) is 3.13. The van der Waals surface area contributed by atoms with Crippen LogP contribution in [-0.4, -0.2) is 52.4 Å². The van der Waals surface area contributed by atoms with Crippen molar-refractivity contribution in [2.75, 3.05) is 26.2 Å². The Bertz CT molecular complexity index is 1080. The molecule has 148 valence electrons. The molecule has 1 aromatic heterocycles. The van der Waals surface area contributed by atoms with Crippen LogP contribution >= 0.6 is 15.9 Å². The number of rotatable bonds is 3. The van der Waals surface area contributed by atoms with Crippen molar-refractivity contribution in [2.24, 2.45) is 7.05 Å². The fourth-order valence-corrected chi connectivity index (χ4v) is 3.82. The molecule has 0 radical (unpaired) electrons. The van der Waals surface area contributed by atoms with E-state index in [1.165, 1.54) is 0 Å². The number of amides is 2. The minimum absolute atomic E-state index is 0.0191. The van der Waals surface area contributed by atoms with E-state index in [1.54, 1.807) is 11.0 Å². The maximum absolute atomic E-state index is 12.9. The molecule has 2 amide bonds. The molecule has 0 atom stereocenters.